The summed E-state index contributed by atoms with van der Waals surface area (Å²) in [6, 6.07) is 9.11. The van der Waals surface area contributed by atoms with Crippen molar-refractivity contribution in [3.05, 3.63) is 53.7 Å². The second-order valence-corrected chi connectivity index (χ2v) is 8.01. The van der Waals surface area contributed by atoms with Gasteiger partial charge in [0.05, 0.1) is 4.90 Å². The fourth-order valence-corrected chi connectivity index (χ4v) is 3.68. The number of carbonyl (C=O) groups excluding carboxylic acids is 1. The Morgan fingerprint density at radius 1 is 1.08 bits per heavy atom. The fourth-order valence-electron chi connectivity index (χ4n) is 2.25. The average Bonchev–Trinajstić information content (AvgIpc) is 2.55. The van der Waals surface area contributed by atoms with Crippen molar-refractivity contribution in [2.45, 2.75) is 38.6 Å². The number of sulfonamides is 1. The van der Waals surface area contributed by atoms with Gasteiger partial charge in [-0.05, 0) is 55.2 Å². The summed E-state index contributed by atoms with van der Waals surface area (Å²) < 4.78 is 27.8. The van der Waals surface area contributed by atoms with Gasteiger partial charge in [-0.25, -0.2) is 13.4 Å². The van der Waals surface area contributed by atoms with E-state index in [4.69, 9.17) is 0 Å². The predicted molar refractivity (Wildman–Crippen MR) is 97.7 cm³/mol. The molecule has 25 heavy (non-hydrogen) atoms. The summed E-state index contributed by atoms with van der Waals surface area (Å²) >= 11 is 0. The maximum atomic E-state index is 12.7. The average molecular weight is 361 g/mol. The van der Waals surface area contributed by atoms with Crippen LogP contribution in [-0.4, -0.2) is 25.4 Å². The number of anilines is 1. The predicted octanol–water partition coefficient (Wildman–Crippen LogP) is 2.64. The summed E-state index contributed by atoms with van der Waals surface area (Å²) in [5, 5.41) is 2.64. The van der Waals surface area contributed by atoms with Crippen LogP contribution in [0, 0.1) is 19.8 Å². The molecule has 2 aromatic rings. The molecule has 134 valence electrons. The number of hydrogen-bond acceptors (Lipinski definition) is 4. The van der Waals surface area contributed by atoms with E-state index >= 15 is 0 Å². The largest absolute Gasteiger partial charge is 0.309 e. The van der Waals surface area contributed by atoms with Crippen LogP contribution in [-0.2, 0) is 14.8 Å². The Bertz CT molecular complexity index is 849. The fraction of sp³-hybridized carbons (Fsp3) is 0.333. The second-order valence-electron chi connectivity index (χ2n) is 6.29. The van der Waals surface area contributed by atoms with Crippen molar-refractivity contribution < 1.29 is 13.2 Å². The number of aromatic nitrogens is 1. The molecule has 0 aliphatic carbocycles. The van der Waals surface area contributed by atoms with Gasteiger partial charge in [0.1, 0.15) is 11.9 Å². The molecule has 2 N–H and O–H groups in total. The SMILES string of the molecule is Cc1ccc(S(=O)(=O)N[C@H](C(=O)Nc2ccccn2)C(C)C)cc1C. The first-order valence-corrected chi connectivity index (χ1v) is 9.50. The zero-order valence-corrected chi connectivity index (χ0v) is 15.6. The van der Waals surface area contributed by atoms with Gasteiger partial charge in [0.15, 0.2) is 0 Å². The number of nitrogens with zero attached hydrogens (tertiary/aromatic N) is 1. The van der Waals surface area contributed by atoms with Crippen molar-refractivity contribution >= 4 is 21.7 Å². The number of carbonyl (C=O) groups is 1. The first kappa shape index (κ1) is 19.1. The third kappa shape index (κ3) is 4.87. The zero-order valence-electron chi connectivity index (χ0n) is 14.8. The van der Waals surface area contributed by atoms with Crippen LogP contribution in [0.25, 0.3) is 0 Å². The van der Waals surface area contributed by atoms with Crippen LogP contribution < -0.4 is 10.0 Å². The number of benzene rings is 1. The minimum absolute atomic E-state index is 0.145. The molecule has 6 nitrogen and oxygen atoms in total. The Labute approximate surface area is 148 Å². The summed E-state index contributed by atoms with van der Waals surface area (Å²) in [4.78, 5) is 16.7. The summed E-state index contributed by atoms with van der Waals surface area (Å²) in [5.41, 5.74) is 1.88. The summed E-state index contributed by atoms with van der Waals surface area (Å²) in [6.07, 6.45) is 1.55. The van der Waals surface area contributed by atoms with Crippen LogP contribution >= 0.6 is 0 Å². The number of rotatable bonds is 6. The molecule has 1 aromatic carbocycles. The van der Waals surface area contributed by atoms with Gasteiger partial charge in [-0.2, -0.15) is 4.72 Å². The number of hydrogen-bond donors (Lipinski definition) is 2. The van der Waals surface area contributed by atoms with E-state index in [-0.39, 0.29) is 10.8 Å². The lowest BCUT2D eigenvalue weighted by molar-refractivity contribution is -0.118. The highest BCUT2D eigenvalue weighted by Gasteiger charge is 2.28. The normalized spacial score (nSPS) is 12.8. The van der Waals surface area contributed by atoms with Gasteiger partial charge < -0.3 is 5.32 Å². The van der Waals surface area contributed by atoms with Crippen LogP contribution in [0.3, 0.4) is 0 Å². The molecule has 1 amide bonds. The van der Waals surface area contributed by atoms with Crippen molar-refractivity contribution in [1.82, 2.24) is 9.71 Å². The van der Waals surface area contributed by atoms with Gasteiger partial charge >= 0.3 is 0 Å². The number of amides is 1. The molecule has 0 spiro atoms. The number of nitrogens with one attached hydrogen (secondary N) is 2. The Balaban J connectivity index is 2.22. The topological polar surface area (TPSA) is 88.2 Å². The van der Waals surface area contributed by atoms with Crippen LogP contribution in [0.4, 0.5) is 5.82 Å². The molecule has 1 aromatic heterocycles. The van der Waals surface area contributed by atoms with Gasteiger partial charge in [0.25, 0.3) is 0 Å². The summed E-state index contributed by atoms with van der Waals surface area (Å²) in [7, 11) is -3.81. The highest BCUT2D eigenvalue weighted by Crippen LogP contribution is 2.17. The van der Waals surface area contributed by atoms with Crippen molar-refractivity contribution in [2.24, 2.45) is 5.92 Å². The van der Waals surface area contributed by atoms with Crippen LogP contribution in [0.2, 0.25) is 0 Å². The molecule has 0 aliphatic heterocycles. The Hall–Kier alpha value is -2.25. The first-order valence-electron chi connectivity index (χ1n) is 8.02. The summed E-state index contributed by atoms with van der Waals surface area (Å²) in [6.45, 7) is 7.33. The Kier molecular flexibility index (Phi) is 5.92. The Morgan fingerprint density at radius 2 is 1.80 bits per heavy atom. The van der Waals surface area contributed by atoms with E-state index in [0.717, 1.165) is 11.1 Å². The Morgan fingerprint density at radius 3 is 2.36 bits per heavy atom. The lowest BCUT2D eigenvalue weighted by Gasteiger charge is -2.21. The lowest BCUT2D eigenvalue weighted by atomic mass is 10.1. The molecule has 1 atom stereocenters. The molecule has 0 bridgehead atoms. The number of pyridine rings is 1. The minimum atomic E-state index is -3.81. The molecular formula is C18H23N3O3S. The van der Waals surface area contributed by atoms with Crippen molar-refractivity contribution in [1.29, 1.82) is 0 Å². The van der Waals surface area contributed by atoms with Crippen LogP contribution in [0.5, 0.6) is 0 Å². The molecule has 0 saturated heterocycles. The van der Waals surface area contributed by atoms with E-state index in [0.29, 0.717) is 5.82 Å². The lowest BCUT2D eigenvalue weighted by Crippen LogP contribution is -2.47. The smallest absolute Gasteiger partial charge is 0.243 e. The maximum Gasteiger partial charge on any atom is 0.243 e. The molecule has 0 radical (unpaired) electrons. The molecular weight excluding hydrogens is 338 g/mol. The highest BCUT2D eigenvalue weighted by molar-refractivity contribution is 7.89. The highest BCUT2D eigenvalue weighted by atomic mass is 32.2. The molecule has 1 heterocycles. The summed E-state index contributed by atoms with van der Waals surface area (Å²) in [5.74, 6) is -0.297. The van der Waals surface area contributed by atoms with E-state index in [1.807, 2.05) is 13.8 Å². The standard InChI is InChI=1S/C18H23N3O3S/c1-12(2)17(18(22)20-16-7-5-6-10-19-16)21-25(23,24)15-9-8-13(3)14(4)11-15/h5-12,17,21H,1-4H3,(H,19,20,22)/t17-/m0/s1. The van der Waals surface area contributed by atoms with Crippen LogP contribution in [0.15, 0.2) is 47.5 Å². The third-order valence-corrected chi connectivity index (χ3v) is 5.37. The molecule has 0 fully saturated rings. The van der Waals surface area contributed by atoms with Gasteiger partial charge in [0, 0.05) is 6.20 Å². The zero-order chi connectivity index (χ0) is 18.6. The van der Waals surface area contributed by atoms with Gasteiger partial charge in [-0.1, -0.05) is 26.0 Å². The van der Waals surface area contributed by atoms with Crippen molar-refractivity contribution in [2.75, 3.05) is 5.32 Å². The van der Waals surface area contributed by atoms with E-state index in [2.05, 4.69) is 15.0 Å². The van der Waals surface area contributed by atoms with E-state index in [1.165, 1.54) is 0 Å². The molecule has 0 unspecified atom stereocenters. The monoisotopic (exact) mass is 361 g/mol. The van der Waals surface area contributed by atoms with E-state index in [1.54, 1.807) is 56.4 Å². The van der Waals surface area contributed by atoms with Crippen molar-refractivity contribution in [3.63, 3.8) is 0 Å². The van der Waals surface area contributed by atoms with Crippen LogP contribution in [0.1, 0.15) is 25.0 Å². The molecule has 2 rings (SSSR count). The third-order valence-electron chi connectivity index (χ3n) is 3.94. The molecule has 0 aliphatic rings. The molecule has 7 heteroatoms. The quantitative estimate of drug-likeness (QED) is 0.828. The maximum absolute atomic E-state index is 12.7. The van der Waals surface area contributed by atoms with E-state index in [9.17, 15) is 13.2 Å². The second kappa shape index (κ2) is 7.76. The number of aryl methyl sites for hydroxylation is 2. The minimum Gasteiger partial charge on any atom is -0.309 e. The molecule has 0 saturated carbocycles. The van der Waals surface area contributed by atoms with Gasteiger partial charge in [0.2, 0.25) is 15.9 Å². The van der Waals surface area contributed by atoms with Gasteiger partial charge in [-0.3, -0.25) is 4.79 Å². The first-order chi connectivity index (χ1) is 11.7. The van der Waals surface area contributed by atoms with Crippen molar-refractivity contribution in [3.8, 4) is 0 Å². The van der Waals surface area contributed by atoms with Gasteiger partial charge in [-0.15, -0.1) is 0 Å². The van der Waals surface area contributed by atoms with E-state index < -0.39 is 22.0 Å².